The van der Waals surface area contributed by atoms with Crippen molar-refractivity contribution in [1.82, 2.24) is 0 Å². The van der Waals surface area contributed by atoms with Crippen LogP contribution >= 0.6 is 0 Å². The van der Waals surface area contributed by atoms with Gasteiger partial charge in [0.15, 0.2) is 0 Å². The standard InChI is InChI=1S/C8H15NO2/c1-5(6-2-3-6)4-7(9)8(10)11/h5-7H,2-4,9H2,1H3,(H,10,11). The van der Waals surface area contributed by atoms with Crippen molar-refractivity contribution < 1.29 is 9.90 Å². The normalized spacial score (nSPS) is 22.7. The molecule has 0 spiro atoms. The molecule has 0 aliphatic heterocycles. The molecule has 1 fully saturated rings. The highest BCUT2D eigenvalue weighted by atomic mass is 16.4. The van der Waals surface area contributed by atoms with Crippen LogP contribution in [0.2, 0.25) is 0 Å². The summed E-state index contributed by atoms with van der Waals surface area (Å²) in [5.41, 5.74) is 5.38. The summed E-state index contributed by atoms with van der Waals surface area (Å²) in [6, 6.07) is -0.661. The van der Waals surface area contributed by atoms with Crippen LogP contribution in [0.15, 0.2) is 0 Å². The van der Waals surface area contributed by atoms with Crippen LogP contribution in [0, 0.1) is 11.8 Å². The van der Waals surface area contributed by atoms with E-state index in [0.29, 0.717) is 12.3 Å². The molecule has 0 aromatic rings. The molecule has 0 radical (unpaired) electrons. The van der Waals surface area contributed by atoms with Crippen molar-refractivity contribution in [1.29, 1.82) is 0 Å². The first-order chi connectivity index (χ1) is 5.11. The van der Waals surface area contributed by atoms with E-state index in [2.05, 4.69) is 6.92 Å². The van der Waals surface area contributed by atoms with Crippen molar-refractivity contribution >= 4 is 5.97 Å². The van der Waals surface area contributed by atoms with E-state index in [9.17, 15) is 4.79 Å². The fourth-order valence-corrected chi connectivity index (χ4v) is 1.36. The average Bonchev–Trinajstić information content (AvgIpc) is 2.67. The van der Waals surface area contributed by atoms with Gasteiger partial charge in [-0.3, -0.25) is 4.79 Å². The topological polar surface area (TPSA) is 63.3 Å². The van der Waals surface area contributed by atoms with Crippen molar-refractivity contribution in [3.05, 3.63) is 0 Å². The van der Waals surface area contributed by atoms with Crippen LogP contribution in [0.3, 0.4) is 0 Å². The van der Waals surface area contributed by atoms with Crippen LogP contribution in [-0.2, 0) is 4.79 Å². The lowest BCUT2D eigenvalue weighted by molar-refractivity contribution is -0.138. The van der Waals surface area contributed by atoms with Gasteiger partial charge < -0.3 is 10.8 Å². The van der Waals surface area contributed by atoms with Crippen LogP contribution in [-0.4, -0.2) is 17.1 Å². The minimum Gasteiger partial charge on any atom is -0.480 e. The van der Waals surface area contributed by atoms with Crippen molar-refractivity contribution in [2.24, 2.45) is 17.6 Å². The van der Waals surface area contributed by atoms with Crippen LogP contribution in [0.5, 0.6) is 0 Å². The molecule has 1 saturated carbocycles. The second kappa shape index (κ2) is 3.22. The number of carbonyl (C=O) groups is 1. The smallest absolute Gasteiger partial charge is 0.320 e. The highest BCUT2D eigenvalue weighted by Crippen LogP contribution is 2.38. The Labute approximate surface area is 66.6 Å². The summed E-state index contributed by atoms with van der Waals surface area (Å²) in [7, 11) is 0. The van der Waals surface area contributed by atoms with E-state index in [0.717, 1.165) is 5.92 Å². The largest absolute Gasteiger partial charge is 0.480 e. The van der Waals surface area contributed by atoms with E-state index in [1.807, 2.05) is 0 Å². The van der Waals surface area contributed by atoms with Crippen molar-refractivity contribution in [3.8, 4) is 0 Å². The van der Waals surface area contributed by atoms with Crippen molar-refractivity contribution in [2.45, 2.75) is 32.2 Å². The molecule has 1 aliphatic rings. The molecule has 11 heavy (non-hydrogen) atoms. The Morgan fingerprint density at radius 1 is 1.73 bits per heavy atom. The van der Waals surface area contributed by atoms with Gasteiger partial charge in [-0.05, 0) is 31.1 Å². The molecule has 2 unspecified atom stereocenters. The third-order valence-electron chi connectivity index (χ3n) is 2.37. The lowest BCUT2D eigenvalue weighted by atomic mass is 9.98. The maximum absolute atomic E-state index is 10.4. The number of carboxylic acid groups (broad SMARTS) is 1. The van der Waals surface area contributed by atoms with E-state index < -0.39 is 12.0 Å². The third kappa shape index (κ3) is 2.50. The van der Waals surface area contributed by atoms with Gasteiger partial charge in [0.2, 0.25) is 0 Å². The number of hydrogen-bond donors (Lipinski definition) is 2. The number of carboxylic acids is 1. The molecule has 64 valence electrons. The molecule has 0 heterocycles. The van der Waals surface area contributed by atoms with E-state index >= 15 is 0 Å². The van der Waals surface area contributed by atoms with Gasteiger partial charge in [0.1, 0.15) is 6.04 Å². The number of rotatable bonds is 4. The molecule has 0 saturated heterocycles. The van der Waals surface area contributed by atoms with Gasteiger partial charge in [-0.25, -0.2) is 0 Å². The molecule has 0 bridgehead atoms. The Hall–Kier alpha value is -0.570. The SMILES string of the molecule is CC(CC(N)C(=O)O)C1CC1. The summed E-state index contributed by atoms with van der Waals surface area (Å²) in [5.74, 6) is 0.360. The number of nitrogens with two attached hydrogens (primary N) is 1. The highest BCUT2D eigenvalue weighted by Gasteiger charge is 2.30. The van der Waals surface area contributed by atoms with Gasteiger partial charge in [-0.1, -0.05) is 6.92 Å². The lowest BCUT2D eigenvalue weighted by Crippen LogP contribution is -2.32. The minimum absolute atomic E-state index is 0.487. The Bertz CT molecular complexity index is 154. The third-order valence-corrected chi connectivity index (χ3v) is 2.37. The zero-order chi connectivity index (χ0) is 8.43. The summed E-state index contributed by atoms with van der Waals surface area (Å²) in [4.78, 5) is 10.4. The van der Waals surface area contributed by atoms with Gasteiger partial charge in [0.05, 0.1) is 0 Å². The zero-order valence-electron chi connectivity index (χ0n) is 6.79. The maximum Gasteiger partial charge on any atom is 0.320 e. The zero-order valence-corrected chi connectivity index (χ0v) is 6.79. The molecule has 0 aromatic carbocycles. The van der Waals surface area contributed by atoms with Gasteiger partial charge in [0.25, 0.3) is 0 Å². The summed E-state index contributed by atoms with van der Waals surface area (Å²) in [5, 5.41) is 8.51. The Kier molecular flexibility index (Phi) is 2.49. The van der Waals surface area contributed by atoms with Crippen LogP contribution < -0.4 is 5.73 Å². The lowest BCUT2D eigenvalue weighted by Gasteiger charge is -2.12. The summed E-state index contributed by atoms with van der Waals surface area (Å²) in [6.45, 7) is 2.08. The molecule has 0 amide bonds. The minimum atomic E-state index is -0.877. The Morgan fingerprint density at radius 2 is 2.27 bits per heavy atom. The summed E-state index contributed by atoms with van der Waals surface area (Å²) >= 11 is 0. The second-order valence-corrected chi connectivity index (χ2v) is 3.50. The van der Waals surface area contributed by atoms with E-state index in [1.54, 1.807) is 0 Å². The van der Waals surface area contributed by atoms with Gasteiger partial charge in [-0.2, -0.15) is 0 Å². The molecule has 2 atom stereocenters. The van der Waals surface area contributed by atoms with Crippen LogP contribution in [0.25, 0.3) is 0 Å². The van der Waals surface area contributed by atoms with Crippen molar-refractivity contribution in [2.75, 3.05) is 0 Å². The summed E-state index contributed by atoms with van der Waals surface area (Å²) in [6.07, 6.45) is 3.14. The molecule has 1 rings (SSSR count). The van der Waals surface area contributed by atoms with E-state index in [4.69, 9.17) is 10.8 Å². The number of hydrogen-bond acceptors (Lipinski definition) is 2. The molecular weight excluding hydrogens is 142 g/mol. The van der Waals surface area contributed by atoms with E-state index in [1.165, 1.54) is 12.8 Å². The fraction of sp³-hybridized carbons (Fsp3) is 0.875. The maximum atomic E-state index is 10.4. The van der Waals surface area contributed by atoms with Crippen molar-refractivity contribution in [3.63, 3.8) is 0 Å². The van der Waals surface area contributed by atoms with Crippen LogP contribution in [0.1, 0.15) is 26.2 Å². The summed E-state index contributed by atoms with van der Waals surface area (Å²) < 4.78 is 0. The fourth-order valence-electron chi connectivity index (χ4n) is 1.36. The molecule has 3 heteroatoms. The van der Waals surface area contributed by atoms with Gasteiger partial charge in [-0.15, -0.1) is 0 Å². The van der Waals surface area contributed by atoms with Gasteiger partial charge in [0, 0.05) is 0 Å². The second-order valence-electron chi connectivity index (χ2n) is 3.50. The Morgan fingerprint density at radius 3 is 2.64 bits per heavy atom. The predicted molar refractivity (Wildman–Crippen MR) is 42.1 cm³/mol. The first-order valence-corrected chi connectivity index (χ1v) is 4.09. The van der Waals surface area contributed by atoms with E-state index in [-0.39, 0.29) is 0 Å². The number of aliphatic carboxylic acids is 1. The average molecular weight is 157 g/mol. The molecule has 1 aliphatic carbocycles. The highest BCUT2D eigenvalue weighted by molar-refractivity contribution is 5.73. The first-order valence-electron chi connectivity index (χ1n) is 4.09. The Balaban J connectivity index is 2.22. The monoisotopic (exact) mass is 157 g/mol. The molecule has 3 N–H and O–H groups in total. The molecule has 0 aromatic heterocycles. The predicted octanol–water partition coefficient (Wildman–Crippen LogP) is 0.834. The van der Waals surface area contributed by atoms with Gasteiger partial charge >= 0.3 is 5.97 Å². The molecule has 3 nitrogen and oxygen atoms in total. The molecular formula is C8H15NO2. The van der Waals surface area contributed by atoms with Crippen LogP contribution in [0.4, 0.5) is 0 Å². The quantitative estimate of drug-likeness (QED) is 0.635. The first kappa shape index (κ1) is 8.53.